The summed E-state index contributed by atoms with van der Waals surface area (Å²) < 4.78 is 0. The fourth-order valence-electron chi connectivity index (χ4n) is 24.4. The fourth-order valence-corrected chi connectivity index (χ4v) is 24.4. The van der Waals surface area contributed by atoms with Crippen molar-refractivity contribution in [2.24, 2.45) is 0 Å². The van der Waals surface area contributed by atoms with Crippen LogP contribution in [0.5, 0.6) is 0 Å². The van der Waals surface area contributed by atoms with Crippen LogP contribution in [0, 0.1) is 0 Å². The van der Waals surface area contributed by atoms with Crippen LogP contribution in [0.2, 0.25) is 0 Å². The van der Waals surface area contributed by atoms with Gasteiger partial charge >= 0.3 is 0 Å². The molecular weight excluding hydrogens is 1430 g/mol. The van der Waals surface area contributed by atoms with Crippen LogP contribution in [0.3, 0.4) is 0 Å². The Labute approximate surface area is 715 Å². The molecule has 0 heteroatoms. The van der Waals surface area contributed by atoms with Gasteiger partial charge < -0.3 is 0 Å². The van der Waals surface area contributed by atoms with Crippen LogP contribution in [0.25, 0.3) is 143 Å². The van der Waals surface area contributed by atoms with Crippen molar-refractivity contribution in [1.29, 1.82) is 0 Å². The predicted molar refractivity (Wildman–Crippen MR) is 522 cm³/mol. The molecule has 14 aromatic carbocycles. The van der Waals surface area contributed by atoms with Crippen LogP contribution < -0.4 is 0 Å². The molecule has 0 unspecified atom stereocenters. The first-order valence-electron chi connectivity index (χ1n) is 48.3. The minimum atomic E-state index is -0.256. The van der Waals surface area contributed by atoms with E-state index >= 15 is 0 Å². The minimum absolute atomic E-state index is 0.0808. The smallest absolute Gasteiger partial charge is 0.0215 e. The van der Waals surface area contributed by atoms with E-state index in [0.29, 0.717) is 0 Å². The summed E-state index contributed by atoms with van der Waals surface area (Å²) in [7, 11) is 0. The topological polar surface area (TPSA) is 0 Å². The molecule has 3 aliphatic carbocycles. The summed E-state index contributed by atoms with van der Waals surface area (Å²) >= 11 is 0. The normalized spacial score (nSPS) is 14.0. The zero-order chi connectivity index (χ0) is 81.8. The molecule has 0 saturated heterocycles. The second kappa shape index (κ2) is 36.1. The average Bonchev–Trinajstić information content (AvgIpc) is 1.59. The van der Waals surface area contributed by atoms with Gasteiger partial charge in [0.2, 0.25) is 0 Å². The maximum atomic E-state index is 2.94. The summed E-state index contributed by atoms with van der Waals surface area (Å²) in [6.45, 7) is 24.4. The van der Waals surface area contributed by atoms with Gasteiger partial charge in [-0.05, 0) is 311 Å². The molecule has 14 aromatic rings. The lowest BCUT2D eigenvalue weighted by atomic mass is 9.69. The van der Waals surface area contributed by atoms with Gasteiger partial charge in [-0.1, -0.05) is 393 Å². The molecule has 0 aromatic heterocycles. The van der Waals surface area contributed by atoms with Gasteiger partial charge in [0.25, 0.3) is 0 Å². The van der Waals surface area contributed by atoms with E-state index in [1.165, 1.54) is 345 Å². The largest absolute Gasteiger partial charge is 0.0654 e. The Morgan fingerprint density at radius 2 is 0.378 bits per heavy atom. The molecule has 0 N–H and O–H groups in total. The Morgan fingerprint density at radius 3 is 0.597 bits per heavy atom. The van der Waals surface area contributed by atoms with Crippen molar-refractivity contribution in [2.45, 2.75) is 304 Å². The van der Waals surface area contributed by atoms with Gasteiger partial charge in [-0.2, -0.15) is 0 Å². The summed E-state index contributed by atoms with van der Waals surface area (Å²) in [5.74, 6) is 0. The third-order valence-electron chi connectivity index (χ3n) is 29.9. The van der Waals surface area contributed by atoms with E-state index in [1.54, 1.807) is 33.4 Å². The van der Waals surface area contributed by atoms with Crippen LogP contribution in [0.1, 0.15) is 317 Å². The molecule has 0 heterocycles. The van der Waals surface area contributed by atoms with Gasteiger partial charge in [0, 0.05) is 16.2 Å². The molecule has 0 fully saturated rings. The van der Waals surface area contributed by atoms with E-state index < -0.39 is 0 Å². The second-order valence-electron chi connectivity index (χ2n) is 36.8. The lowest BCUT2D eigenvalue weighted by Crippen LogP contribution is -2.26. The van der Waals surface area contributed by atoms with E-state index in [-0.39, 0.29) is 16.2 Å². The number of hydrogen-bond donors (Lipinski definition) is 0. The first-order chi connectivity index (χ1) is 58.7. The van der Waals surface area contributed by atoms with E-state index in [0.717, 1.165) is 38.5 Å². The maximum absolute atomic E-state index is 2.94. The zero-order valence-corrected chi connectivity index (χ0v) is 74.3. The molecule has 0 bridgehead atoms. The molecule has 0 radical (unpaired) electrons. The van der Waals surface area contributed by atoms with Crippen LogP contribution >= 0.6 is 0 Å². The Morgan fingerprint density at radius 1 is 0.176 bits per heavy atom. The summed E-state index contributed by atoms with van der Waals surface area (Å²) in [5.41, 5.74) is 34.8. The maximum Gasteiger partial charge on any atom is 0.0215 e. The second-order valence-corrected chi connectivity index (χ2v) is 36.8. The van der Waals surface area contributed by atoms with Crippen molar-refractivity contribution in [3.63, 3.8) is 0 Å². The van der Waals surface area contributed by atoms with Crippen molar-refractivity contribution < 1.29 is 0 Å². The van der Waals surface area contributed by atoms with Gasteiger partial charge in [-0.25, -0.2) is 0 Å². The van der Waals surface area contributed by atoms with Gasteiger partial charge in [0.15, 0.2) is 0 Å². The SMILES string of the molecule is CCCCCCC1(CCCCCC)c2ccccc2-c2cc3c4cc5c(cc4c4c(CC)c(-c6ccccc6)c(-c6ccccc6)c(CC)c4c3cc21)C(CCCCCC)(CCCCCC)c1cc2c(cc1-5)c1cc3c(cc1c1c(CC)c(-c4ccccc4)c(-c4ccccc4)c(CC)c21)C(CCCCCC)(CCCCCC)c1ccccc1-3. The third kappa shape index (κ3) is 14.2. The van der Waals surface area contributed by atoms with E-state index in [2.05, 4.69) is 288 Å². The summed E-state index contributed by atoms with van der Waals surface area (Å²) in [6, 6.07) is 89.4. The van der Waals surface area contributed by atoms with E-state index in [9.17, 15) is 0 Å². The molecule has 119 heavy (non-hydrogen) atoms. The Hall–Kier alpha value is -9.36. The molecule has 0 nitrogen and oxygen atoms in total. The lowest BCUT2D eigenvalue weighted by Gasteiger charge is -2.34. The molecule has 610 valence electrons. The zero-order valence-electron chi connectivity index (χ0n) is 74.3. The third-order valence-corrected chi connectivity index (χ3v) is 29.9. The van der Waals surface area contributed by atoms with Crippen molar-refractivity contribution >= 4 is 64.6 Å². The Balaban J connectivity index is 1.07. The van der Waals surface area contributed by atoms with Crippen molar-refractivity contribution in [1.82, 2.24) is 0 Å². The van der Waals surface area contributed by atoms with Crippen LogP contribution in [0.4, 0.5) is 0 Å². The summed E-state index contributed by atoms with van der Waals surface area (Å²) in [6.07, 6.45) is 40.6. The molecule has 0 atom stereocenters. The van der Waals surface area contributed by atoms with Crippen molar-refractivity contribution in [3.05, 3.63) is 274 Å². The van der Waals surface area contributed by atoms with Crippen molar-refractivity contribution in [3.8, 4) is 77.9 Å². The van der Waals surface area contributed by atoms with Gasteiger partial charge in [0.05, 0.1) is 0 Å². The monoisotopic (exact) mass is 1560 g/mol. The highest BCUT2D eigenvalue weighted by atomic mass is 14.5. The standard InChI is InChI=1S/C119H134/c1-11-21-27-49-67-117(68-50-28-22-12-2)103-65-47-45-63-89(103)95-73-91-93-75-97-98-76-94-92-74-96-90-64-46-48-66-104(90)118(69-51-29-23-13-3,70-52-30-24-14-4)106(96)78-100(92)114-86(18-8)110(82-57-39-34-40-58-82)112(84-61-43-36-44-62-84)88(20-10)116(114)102(94)80-108(98)119(71-53-31-25-15-5,72-54-32-26-16-6)107(97)79-101(93)115-87(19-9)111(83-59-41-35-42-60-83)109(81-55-37-33-38-56-81)85(17-7)113(115)99(91)77-105(95)117/h33-48,55-66,73-80H,11-32,49-54,67-72H2,1-10H3. The van der Waals surface area contributed by atoms with Gasteiger partial charge in [0.1, 0.15) is 0 Å². The number of benzene rings is 14. The van der Waals surface area contributed by atoms with Crippen LogP contribution in [-0.4, -0.2) is 0 Å². The molecule has 0 amide bonds. The van der Waals surface area contributed by atoms with Crippen molar-refractivity contribution in [2.75, 3.05) is 0 Å². The number of unbranched alkanes of at least 4 members (excludes halogenated alkanes) is 18. The summed E-state index contributed by atoms with van der Waals surface area (Å²) in [5, 5.41) is 17.5. The average molecular weight is 1560 g/mol. The molecule has 0 spiro atoms. The molecular formula is C119H134. The Bertz CT molecular complexity index is 5590. The number of fused-ring (bicyclic) bond motifs is 21. The van der Waals surface area contributed by atoms with Gasteiger partial charge in [-0.15, -0.1) is 0 Å². The molecule has 0 aliphatic heterocycles. The number of hydrogen-bond acceptors (Lipinski definition) is 0. The van der Waals surface area contributed by atoms with E-state index in [4.69, 9.17) is 0 Å². The van der Waals surface area contributed by atoms with Gasteiger partial charge in [-0.3, -0.25) is 0 Å². The first-order valence-corrected chi connectivity index (χ1v) is 48.3. The van der Waals surface area contributed by atoms with Crippen LogP contribution in [-0.2, 0) is 41.9 Å². The molecule has 3 aliphatic rings. The predicted octanol–water partition coefficient (Wildman–Crippen LogP) is 36.1. The summed E-state index contributed by atoms with van der Waals surface area (Å²) in [4.78, 5) is 0. The quantitative estimate of drug-likeness (QED) is 0.0267. The number of rotatable bonds is 38. The highest BCUT2D eigenvalue weighted by Crippen LogP contribution is 2.64. The Kier molecular flexibility index (Phi) is 24.9. The molecule has 17 rings (SSSR count). The fraction of sp³-hybridized carbons (Fsp3) is 0.395. The van der Waals surface area contributed by atoms with E-state index in [1.807, 2.05) is 0 Å². The van der Waals surface area contributed by atoms with Crippen LogP contribution in [0.15, 0.2) is 218 Å². The first kappa shape index (κ1) is 82.0. The lowest BCUT2D eigenvalue weighted by molar-refractivity contribution is 0.401. The highest BCUT2D eigenvalue weighted by Gasteiger charge is 2.48. The highest BCUT2D eigenvalue weighted by molar-refractivity contribution is 6.33. The number of aryl methyl sites for hydroxylation is 4. The molecule has 0 saturated carbocycles. The minimum Gasteiger partial charge on any atom is -0.0654 e.